The van der Waals surface area contributed by atoms with Crippen molar-refractivity contribution in [2.45, 2.75) is 11.8 Å². The van der Waals surface area contributed by atoms with E-state index in [1.807, 2.05) is 42.5 Å². The molecule has 25 heavy (non-hydrogen) atoms. The van der Waals surface area contributed by atoms with Crippen molar-refractivity contribution < 1.29 is 4.74 Å². The third-order valence-corrected chi connectivity index (χ3v) is 4.71. The number of hydrogen-bond acceptors (Lipinski definition) is 5. The van der Waals surface area contributed by atoms with Gasteiger partial charge in [-0.15, -0.1) is 10.2 Å². The SMILES string of the molecule is Nn1c(COc2cccc(Br)c2)nnc1SCC=Cc1ccccc1. The van der Waals surface area contributed by atoms with Gasteiger partial charge in [-0.05, 0) is 23.8 Å². The summed E-state index contributed by atoms with van der Waals surface area (Å²) < 4.78 is 8.12. The molecule has 0 saturated heterocycles. The van der Waals surface area contributed by atoms with E-state index >= 15 is 0 Å². The first-order chi connectivity index (χ1) is 12.2. The molecular formula is C18H17BrN4OS. The summed E-state index contributed by atoms with van der Waals surface area (Å²) in [5.41, 5.74) is 1.17. The van der Waals surface area contributed by atoms with Crippen molar-refractivity contribution in [1.82, 2.24) is 14.9 Å². The van der Waals surface area contributed by atoms with Gasteiger partial charge in [0.2, 0.25) is 5.16 Å². The summed E-state index contributed by atoms with van der Waals surface area (Å²) in [5, 5.41) is 8.87. The monoisotopic (exact) mass is 416 g/mol. The number of nitrogens with two attached hydrogens (primary N) is 1. The molecule has 0 bridgehead atoms. The Kier molecular flexibility index (Phi) is 6.14. The molecule has 1 heterocycles. The van der Waals surface area contributed by atoms with Crippen LogP contribution in [0.25, 0.3) is 6.08 Å². The normalized spacial score (nSPS) is 11.1. The van der Waals surface area contributed by atoms with Gasteiger partial charge in [-0.3, -0.25) is 0 Å². The summed E-state index contributed by atoms with van der Waals surface area (Å²) in [5.74, 6) is 8.13. The minimum absolute atomic E-state index is 0.264. The predicted molar refractivity (Wildman–Crippen MR) is 105 cm³/mol. The summed E-state index contributed by atoms with van der Waals surface area (Å²) in [4.78, 5) is 0. The molecule has 7 heteroatoms. The second kappa shape index (κ2) is 8.73. The third-order valence-electron chi connectivity index (χ3n) is 3.32. The summed E-state index contributed by atoms with van der Waals surface area (Å²) in [6, 6.07) is 17.8. The lowest BCUT2D eigenvalue weighted by Crippen LogP contribution is -2.15. The Balaban J connectivity index is 1.53. The Hall–Kier alpha value is -2.25. The zero-order valence-electron chi connectivity index (χ0n) is 13.4. The Labute approximate surface area is 159 Å². The van der Waals surface area contributed by atoms with Crippen LogP contribution in [0.3, 0.4) is 0 Å². The molecule has 3 aromatic rings. The number of halogens is 1. The minimum atomic E-state index is 0.264. The number of rotatable bonds is 7. The Bertz CT molecular complexity index is 851. The van der Waals surface area contributed by atoms with Gasteiger partial charge in [0.15, 0.2) is 5.82 Å². The number of benzene rings is 2. The highest BCUT2D eigenvalue weighted by atomic mass is 79.9. The fourth-order valence-electron chi connectivity index (χ4n) is 2.08. The second-order valence-electron chi connectivity index (χ2n) is 5.14. The minimum Gasteiger partial charge on any atom is -0.485 e. The molecule has 0 fully saturated rings. The predicted octanol–water partition coefficient (Wildman–Crippen LogP) is 4.14. The molecule has 0 unspecified atom stereocenters. The second-order valence-corrected chi connectivity index (χ2v) is 7.04. The van der Waals surface area contributed by atoms with Crippen molar-refractivity contribution in [2.75, 3.05) is 11.6 Å². The number of aromatic nitrogens is 3. The van der Waals surface area contributed by atoms with Gasteiger partial charge in [-0.1, -0.05) is 76.2 Å². The molecule has 0 aliphatic carbocycles. The highest BCUT2D eigenvalue weighted by Crippen LogP contribution is 2.20. The number of thioether (sulfide) groups is 1. The van der Waals surface area contributed by atoms with Gasteiger partial charge in [-0.25, -0.2) is 4.68 Å². The van der Waals surface area contributed by atoms with Crippen molar-refractivity contribution in [3.8, 4) is 5.75 Å². The Morgan fingerprint density at radius 3 is 2.76 bits per heavy atom. The van der Waals surface area contributed by atoms with Crippen LogP contribution in [0.5, 0.6) is 5.75 Å². The van der Waals surface area contributed by atoms with Crippen molar-refractivity contribution in [3.05, 3.63) is 76.5 Å². The summed E-state index contributed by atoms with van der Waals surface area (Å²) in [7, 11) is 0. The van der Waals surface area contributed by atoms with Gasteiger partial charge < -0.3 is 10.6 Å². The van der Waals surface area contributed by atoms with E-state index in [9.17, 15) is 0 Å². The topological polar surface area (TPSA) is 66.0 Å². The van der Waals surface area contributed by atoms with Crippen LogP contribution in [0.4, 0.5) is 0 Å². The van der Waals surface area contributed by atoms with E-state index in [4.69, 9.17) is 10.6 Å². The van der Waals surface area contributed by atoms with Crippen LogP contribution in [0.2, 0.25) is 0 Å². The van der Waals surface area contributed by atoms with Crippen LogP contribution < -0.4 is 10.6 Å². The number of nitrogen functional groups attached to an aromatic ring is 1. The lowest BCUT2D eigenvalue weighted by molar-refractivity contribution is 0.291. The molecule has 5 nitrogen and oxygen atoms in total. The molecule has 3 rings (SSSR count). The summed E-state index contributed by atoms with van der Waals surface area (Å²) in [6.07, 6.45) is 4.15. The van der Waals surface area contributed by atoms with Crippen molar-refractivity contribution in [1.29, 1.82) is 0 Å². The molecule has 0 aliphatic rings. The van der Waals surface area contributed by atoms with Crippen LogP contribution in [0.1, 0.15) is 11.4 Å². The molecule has 0 amide bonds. The molecule has 0 radical (unpaired) electrons. The number of hydrogen-bond donors (Lipinski definition) is 1. The first-order valence-electron chi connectivity index (χ1n) is 7.64. The van der Waals surface area contributed by atoms with Gasteiger partial charge in [-0.2, -0.15) is 0 Å². The fraction of sp³-hybridized carbons (Fsp3) is 0.111. The first-order valence-corrected chi connectivity index (χ1v) is 9.42. The zero-order chi connectivity index (χ0) is 17.5. The third kappa shape index (κ3) is 5.11. The maximum absolute atomic E-state index is 6.05. The van der Waals surface area contributed by atoms with Crippen LogP contribution in [-0.2, 0) is 6.61 Å². The molecule has 0 aliphatic heterocycles. The van der Waals surface area contributed by atoms with Crippen LogP contribution in [0, 0.1) is 0 Å². The molecule has 128 valence electrons. The Morgan fingerprint density at radius 1 is 1.12 bits per heavy atom. The molecule has 2 N–H and O–H groups in total. The van der Waals surface area contributed by atoms with Crippen LogP contribution >= 0.6 is 27.7 Å². The van der Waals surface area contributed by atoms with E-state index in [1.54, 1.807) is 0 Å². The van der Waals surface area contributed by atoms with E-state index in [0.29, 0.717) is 11.0 Å². The molecule has 0 spiro atoms. The maximum atomic E-state index is 6.05. The average molecular weight is 417 g/mol. The summed E-state index contributed by atoms with van der Waals surface area (Å²) >= 11 is 4.94. The lowest BCUT2D eigenvalue weighted by atomic mass is 10.2. The van der Waals surface area contributed by atoms with E-state index in [2.05, 4.69) is 50.4 Å². The smallest absolute Gasteiger partial charge is 0.210 e. The van der Waals surface area contributed by atoms with E-state index in [-0.39, 0.29) is 6.61 Å². The standard InChI is InChI=1S/C18H17BrN4OS/c19-15-9-4-10-16(12-15)24-13-17-21-22-18(23(17)20)25-11-5-8-14-6-2-1-3-7-14/h1-10,12H,11,13,20H2. The van der Waals surface area contributed by atoms with Crippen molar-refractivity contribution in [2.24, 2.45) is 0 Å². The maximum Gasteiger partial charge on any atom is 0.210 e. The van der Waals surface area contributed by atoms with Gasteiger partial charge in [0.25, 0.3) is 0 Å². The Morgan fingerprint density at radius 2 is 1.96 bits per heavy atom. The highest BCUT2D eigenvalue weighted by molar-refractivity contribution is 9.10. The quantitative estimate of drug-likeness (QED) is 0.463. The van der Waals surface area contributed by atoms with E-state index in [1.165, 1.54) is 22.0 Å². The average Bonchev–Trinajstić information content (AvgIpc) is 2.98. The number of nitrogens with zero attached hydrogens (tertiary/aromatic N) is 3. The van der Waals surface area contributed by atoms with Gasteiger partial charge in [0.05, 0.1) is 0 Å². The molecule has 0 saturated carbocycles. The number of ether oxygens (including phenoxy) is 1. The van der Waals surface area contributed by atoms with E-state index in [0.717, 1.165) is 16.0 Å². The van der Waals surface area contributed by atoms with Gasteiger partial charge >= 0.3 is 0 Å². The molecule has 0 atom stereocenters. The van der Waals surface area contributed by atoms with Crippen LogP contribution in [0.15, 0.2) is 70.3 Å². The molecule has 2 aromatic carbocycles. The highest BCUT2D eigenvalue weighted by Gasteiger charge is 2.10. The van der Waals surface area contributed by atoms with Crippen LogP contribution in [-0.4, -0.2) is 20.6 Å². The molecular weight excluding hydrogens is 400 g/mol. The van der Waals surface area contributed by atoms with E-state index < -0.39 is 0 Å². The summed E-state index contributed by atoms with van der Waals surface area (Å²) in [6.45, 7) is 0.264. The fourth-order valence-corrected chi connectivity index (χ4v) is 3.14. The van der Waals surface area contributed by atoms with Gasteiger partial charge in [0.1, 0.15) is 12.4 Å². The zero-order valence-corrected chi connectivity index (χ0v) is 15.8. The molecule has 1 aromatic heterocycles. The lowest BCUT2D eigenvalue weighted by Gasteiger charge is -2.06. The first kappa shape index (κ1) is 17.6. The largest absolute Gasteiger partial charge is 0.485 e. The van der Waals surface area contributed by atoms with Gasteiger partial charge in [0, 0.05) is 10.2 Å². The van der Waals surface area contributed by atoms with Crippen molar-refractivity contribution >= 4 is 33.8 Å². The van der Waals surface area contributed by atoms with Crippen molar-refractivity contribution in [3.63, 3.8) is 0 Å².